The Bertz CT molecular complexity index is 3460. The van der Waals surface area contributed by atoms with Crippen molar-refractivity contribution in [3.05, 3.63) is 126 Å². The first-order valence-electron chi connectivity index (χ1n) is 17.3. The molecule has 24 nitrogen and oxygen atoms in total. The van der Waals surface area contributed by atoms with Gasteiger partial charge in [0.1, 0.15) is 57.5 Å². The number of phenolic OH excluding ortho intramolecular Hbond substituents is 3. The summed E-state index contributed by atoms with van der Waals surface area (Å²) in [5.41, 5.74) is -4.17. The topological polar surface area (TPSA) is 405 Å². The predicted octanol–water partition coefficient (Wildman–Crippen LogP) is -4.67. The summed E-state index contributed by atoms with van der Waals surface area (Å²) >= 11 is 0. The molecule has 0 bridgehead atoms. The number of carbonyl (C=O) groups excluding carboxylic acids is 1. The Morgan fingerprint density at radius 2 is 0.638 bits per heavy atom. The van der Waals surface area contributed by atoms with Gasteiger partial charge in [-0.05, 0) is 115 Å². The monoisotopic (exact) mass is 1050 g/mol. The maximum atomic E-state index is 14.4. The molecule has 0 atom stereocenters. The van der Waals surface area contributed by atoms with Crippen molar-refractivity contribution in [2.75, 3.05) is 0 Å². The molecular weight excluding hydrogens is 1030 g/mol. The number of hydrogen-bond acceptors (Lipinski definition) is 24. The van der Waals surface area contributed by atoms with Crippen LogP contribution in [0.3, 0.4) is 0 Å². The number of phenols is 3. The summed E-state index contributed by atoms with van der Waals surface area (Å²) in [5, 5.41) is 65.0. The summed E-state index contributed by atoms with van der Waals surface area (Å²) in [4.78, 5) is 12.0. The molecule has 0 saturated carbocycles. The molecule has 69 heavy (non-hydrogen) atoms. The van der Waals surface area contributed by atoms with E-state index in [2.05, 4.69) is 40.9 Å². The minimum absolute atomic E-state index is 0. The van der Waals surface area contributed by atoms with Crippen molar-refractivity contribution >= 4 is 91.8 Å². The predicted molar refractivity (Wildman–Crippen MR) is 216 cm³/mol. The summed E-state index contributed by atoms with van der Waals surface area (Å²) in [6.45, 7) is 0. The number of ketones is 1. The molecule has 0 radical (unpaired) electrons. The maximum Gasteiger partial charge on any atom is 1.00 e. The van der Waals surface area contributed by atoms with Crippen LogP contribution in [0.2, 0.25) is 0 Å². The van der Waals surface area contributed by atoms with Crippen LogP contribution in [0.25, 0.3) is 0 Å². The Hall–Kier alpha value is -3.57. The van der Waals surface area contributed by atoms with Gasteiger partial charge in [-0.3, -0.25) is 4.79 Å². The van der Waals surface area contributed by atoms with Gasteiger partial charge in [0, 0.05) is 0 Å². The molecule has 334 valence electrons. The second-order valence-electron chi connectivity index (χ2n) is 12.7. The third kappa shape index (κ3) is 16.0. The minimum Gasteiger partial charge on any atom is -0.744 e. The van der Waals surface area contributed by atoms with E-state index in [0.717, 1.165) is 115 Å². The van der Waals surface area contributed by atoms with Gasteiger partial charge in [0.05, 0.1) is 53.5 Å². The van der Waals surface area contributed by atoms with Crippen LogP contribution in [-0.4, -0.2) is 73.0 Å². The largest absolute Gasteiger partial charge is 1.00 e. The van der Waals surface area contributed by atoms with E-state index in [4.69, 9.17) is 0 Å². The standard InChI is InChI=1S/C37H26N8O16S4.4Na/c46-34(28-17-18-30(42-38-20-1-9-24(10-2-20)62(50,51)52)36(48)32(28)44-40-22-5-13-26(14-6-22)64(56,57)58)29-19-31(43-39-21-3-11-25(12-4-21)63(53,54)55)37(49)33(35(29)47)45-41-23-7-15-27(16-8-23)65(59,60)61;;;;/h1-19,47-49H,(H,50,51,52)(H,53,54,55)(H,56,57,58)(H,59,60,61);;;;/q;4*+1/p-4. The summed E-state index contributed by atoms with van der Waals surface area (Å²) in [6.07, 6.45) is 0. The van der Waals surface area contributed by atoms with Gasteiger partial charge in [-0.2, -0.15) is 20.5 Å². The molecule has 0 heterocycles. The Morgan fingerprint density at radius 3 is 0.971 bits per heavy atom. The van der Waals surface area contributed by atoms with Crippen LogP contribution < -0.4 is 118 Å². The van der Waals surface area contributed by atoms with Gasteiger partial charge in [-0.25, -0.2) is 33.7 Å². The second kappa shape index (κ2) is 25.2. The molecule has 0 aliphatic heterocycles. The summed E-state index contributed by atoms with van der Waals surface area (Å²) in [6, 6.07) is 18.8. The zero-order chi connectivity index (χ0) is 47.5. The molecule has 0 aromatic heterocycles. The van der Waals surface area contributed by atoms with Crippen molar-refractivity contribution in [3.63, 3.8) is 0 Å². The molecule has 0 unspecified atom stereocenters. The Balaban J connectivity index is 0.00000408. The third-order valence-electron chi connectivity index (χ3n) is 8.43. The quantitative estimate of drug-likeness (QED) is 0.0399. The van der Waals surface area contributed by atoms with E-state index in [-0.39, 0.29) is 141 Å². The molecule has 0 spiro atoms. The fraction of sp³-hybridized carbons (Fsp3) is 0. The second-order valence-corrected chi connectivity index (χ2v) is 18.3. The fourth-order valence-electron chi connectivity index (χ4n) is 5.21. The zero-order valence-corrected chi connectivity index (χ0v) is 47.1. The number of benzene rings is 6. The average Bonchev–Trinajstić information content (AvgIpc) is 3.24. The molecule has 6 rings (SSSR count). The zero-order valence-electron chi connectivity index (χ0n) is 35.8. The van der Waals surface area contributed by atoms with Gasteiger partial charge in [0.2, 0.25) is 0 Å². The van der Waals surface area contributed by atoms with Gasteiger partial charge in [0.25, 0.3) is 0 Å². The maximum absolute atomic E-state index is 14.4. The number of azo groups is 4. The van der Waals surface area contributed by atoms with Crippen molar-refractivity contribution < 1.29 is 190 Å². The van der Waals surface area contributed by atoms with Gasteiger partial charge < -0.3 is 33.5 Å². The number of nitrogens with zero attached hydrogens (tertiary/aromatic N) is 8. The van der Waals surface area contributed by atoms with Crippen LogP contribution in [0, 0.1) is 0 Å². The van der Waals surface area contributed by atoms with E-state index >= 15 is 0 Å². The van der Waals surface area contributed by atoms with Crippen molar-refractivity contribution in [3.8, 4) is 17.2 Å². The molecule has 6 aromatic rings. The molecule has 3 N–H and O–H groups in total. The SMILES string of the molecule is O=C(c1cc(N=Nc2ccc(S(=O)(=O)[O-])cc2)c(O)c(N=Nc2ccc(S(=O)(=O)[O-])cc2)c1O)c1ccc(N=Nc2ccc(S(=O)(=O)[O-])cc2)c(O)c1N=Nc1ccc(S(=O)(=O)[O-])cc1.[Na+].[Na+].[Na+].[Na+]. The van der Waals surface area contributed by atoms with Crippen LogP contribution in [0.5, 0.6) is 17.2 Å². The van der Waals surface area contributed by atoms with E-state index in [1.54, 1.807) is 0 Å². The normalized spacial score (nSPS) is 12.1. The summed E-state index contributed by atoms with van der Waals surface area (Å²) < 4.78 is 137. The van der Waals surface area contributed by atoms with E-state index < -0.39 is 117 Å². The van der Waals surface area contributed by atoms with Gasteiger partial charge in [0.15, 0.2) is 28.7 Å². The van der Waals surface area contributed by atoms with E-state index in [9.17, 15) is 72.0 Å². The van der Waals surface area contributed by atoms with E-state index in [1.807, 2.05) is 0 Å². The smallest absolute Gasteiger partial charge is 0.744 e. The molecule has 6 aromatic carbocycles. The third-order valence-corrected chi connectivity index (χ3v) is 11.8. The van der Waals surface area contributed by atoms with Crippen LogP contribution >= 0.6 is 0 Å². The Morgan fingerprint density at radius 1 is 0.348 bits per heavy atom. The molecule has 32 heteroatoms. The number of carbonyl (C=O) groups is 1. The van der Waals surface area contributed by atoms with Gasteiger partial charge in [-0.1, -0.05) is 0 Å². The number of rotatable bonds is 14. The average molecular weight is 1050 g/mol. The van der Waals surface area contributed by atoms with Crippen LogP contribution in [0.4, 0.5) is 45.5 Å². The Kier molecular flexibility index (Phi) is 22.5. The first-order valence-corrected chi connectivity index (χ1v) is 22.9. The van der Waals surface area contributed by atoms with Crippen molar-refractivity contribution in [2.45, 2.75) is 19.6 Å². The van der Waals surface area contributed by atoms with Gasteiger partial charge >= 0.3 is 118 Å². The van der Waals surface area contributed by atoms with Crippen molar-refractivity contribution in [1.82, 2.24) is 0 Å². The Labute approximate surface area is 480 Å². The molecule has 0 fully saturated rings. The number of hydrogen-bond donors (Lipinski definition) is 3. The molecular formula is C37H22N8Na4O16S4. The fourth-order valence-corrected chi connectivity index (χ4v) is 7.09. The molecule has 0 saturated heterocycles. The molecule has 0 amide bonds. The van der Waals surface area contributed by atoms with E-state index in [0.29, 0.717) is 0 Å². The molecule has 0 aliphatic rings. The van der Waals surface area contributed by atoms with Gasteiger partial charge in [-0.15, -0.1) is 20.5 Å². The molecule has 0 aliphatic carbocycles. The first-order chi connectivity index (χ1) is 30.4. The number of aromatic hydroxyl groups is 3. The van der Waals surface area contributed by atoms with Crippen LogP contribution in [0.1, 0.15) is 15.9 Å². The van der Waals surface area contributed by atoms with Crippen LogP contribution in [-0.2, 0) is 40.5 Å². The van der Waals surface area contributed by atoms with Crippen LogP contribution in [0.15, 0.2) is 176 Å². The first kappa shape index (κ1) is 61.5. The summed E-state index contributed by atoms with van der Waals surface area (Å²) in [5.74, 6) is -4.15. The minimum atomic E-state index is -4.87. The van der Waals surface area contributed by atoms with Crippen molar-refractivity contribution in [1.29, 1.82) is 0 Å². The summed E-state index contributed by atoms with van der Waals surface area (Å²) in [7, 11) is -19.4. The van der Waals surface area contributed by atoms with E-state index in [1.165, 1.54) is 0 Å². The van der Waals surface area contributed by atoms with Crippen molar-refractivity contribution in [2.24, 2.45) is 40.9 Å².